The van der Waals surface area contributed by atoms with E-state index in [-0.39, 0.29) is 18.9 Å². The van der Waals surface area contributed by atoms with Crippen LogP contribution in [-0.2, 0) is 25.6 Å². The molecule has 0 saturated carbocycles. The Kier molecular flexibility index (Phi) is 9.09. The number of nitrogens with two attached hydrogens (primary N) is 1. The van der Waals surface area contributed by atoms with Gasteiger partial charge in [-0.25, -0.2) is 9.78 Å². The minimum absolute atomic E-state index is 0.0181. The largest absolute Gasteiger partial charge is 0.480 e. The summed E-state index contributed by atoms with van der Waals surface area (Å²) in [5, 5.41) is 16.7. The summed E-state index contributed by atoms with van der Waals surface area (Å²) in [6, 6.07) is -3.03. The van der Waals surface area contributed by atoms with Gasteiger partial charge in [-0.3, -0.25) is 14.4 Å². The molecule has 1 heterocycles. The van der Waals surface area contributed by atoms with E-state index in [2.05, 4.69) is 25.9 Å². The smallest absolute Gasteiger partial charge is 0.326 e. The fourth-order valence-corrected chi connectivity index (χ4v) is 2.45. The van der Waals surface area contributed by atoms with Crippen LogP contribution in [0.4, 0.5) is 0 Å². The van der Waals surface area contributed by atoms with E-state index >= 15 is 0 Å². The maximum absolute atomic E-state index is 12.4. The van der Waals surface area contributed by atoms with Crippen LogP contribution in [0.3, 0.4) is 0 Å². The highest BCUT2D eigenvalue weighted by Gasteiger charge is 2.27. The number of aromatic nitrogens is 2. The van der Waals surface area contributed by atoms with Crippen LogP contribution < -0.4 is 21.7 Å². The van der Waals surface area contributed by atoms with Crippen LogP contribution in [-0.4, -0.2) is 63.4 Å². The van der Waals surface area contributed by atoms with E-state index in [1.165, 1.54) is 19.4 Å². The molecule has 0 radical (unpaired) electrons. The standard InChI is InChI=1S/C17H28N6O5/c1-9(2)4-12(22-14(24)6-18)16(26)21-10(3)15(25)23-13(17(27)28)5-11-7-19-8-20-11/h7-10,12-13H,4-6,18H2,1-3H3,(H,19,20)(H,21,26)(H,22,24)(H,23,25)(H,27,28). The molecule has 156 valence electrons. The van der Waals surface area contributed by atoms with Crippen molar-refractivity contribution in [3.8, 4) is 0 Å². The van der Waals surface area contributed by atoms with Crippen molar-refractivity contribution in [2.45, 2.75) is 51.7 Å². The van der Waals surface area contributed by atoms with Crippen LogP contribution in [0.25, 0.3) is 0 Å². The first-order valence-electron chi connectivity index (χ1n) is 8.94. The van der Waals surface area contributed by atoms with Gasteiger partial charge < -0.3 is 31.8 Å². The van der Waals surface area contributed by atoms with Gasteiger partial charge in [0, 0.05) is 18.3 Å². The fourth-order valence-electron chi connectivity index (χ4n) is 2.45. The summed E-state index contributed by atoms with van der Waals surface area (Å²) in [5.74, 6) is -2.78. The average Bonchev–Trinajstić information content (AvgIpc) is 3.12. The molecule has 0 aromatic carbocycles. The van der Waals surface area contributed by atoms with Crippen molar-refractivity contribution in [1.29, 1.82) is 0 Å². The number of amides is 3. The van der Waals surface area contributed by atoms with Gasteiger partial charge in [-0.05, 0) is 19.3 Å². The number of carboxylic acids is 1. The van der Waals surface area contributed by atoms with E-state index in [4.69, 9.17) is 5.73 Å². The Morgan fingerprint density at radius 3 is 2.29 bits per heavy atom. The van der Waals surface area contributed by atoms with Gasteiger partial charge in [-0.15, -0.1) is 0 Å². The predicted molar refractivity (Wildman–Crippen MR) is 99.9 cm³/mol. The molecule has 3 unspecified atom stereocenters. The molecule has 28 heavy (non-hydrogen) atoms. The van der Waals surface area contributed by atoms with E-state index in [1.807, 2.05) is 13.8 Å². The molecular weight excluding hydrogens is 368 g/mol. The molecule has 3 amide bonds. The van der Waals surface area contributed by atoms with Crippen LogP contribution in [0.2, 0.25) is 0 Å². The first-order valence-corrected chi connectivity index (χ1v) is 8.94. The molecule has 0 spiro atoms. The number of aliphatic carboxylic acids is 1. The van der Waals surface area contributed by atoms with E-state index in [0.717, 1.165) is 0 Å². The van der Waals surface area contributed by atoms with Crippen molar-refractivity contribution in [3.05, 3.63) is 18.2 Å². The summed E-state index contributed by atoms with van der Waals surface area (Å²) in [6.45, 7) is 4.95. The Morgan fingerprint density at radius 1 is 1.11 bits per heavy atom. The zero-order valence-corrected chi connectivity index (χ0v) is 16.2. The third kappa shape index (κ3) is 7.74. The highest BCUT2D eigenvalue weighted by molar-refractivity contribution is 5.93. The Bertz CT molecular complexity index is 676. The number of nitrogens with one attached hydrogen (secondary N) is 4. The molecule has 11 nitrogen and oxygen atoms in total. The molecule has 3 atom stereocenters. The second-order valence-corrected chi connectivity index (χ2v) is 6.86. The molecule has 1 aromatic rings. The van der Waals surface area contributed by atoms with Gasteiger partial charge in [0.25, 0.3) is 0 Å². The number of carbonyl (C=O) groups is 4. The van der Waals surface area contributed by atoms with Gasteiger partial charge in [0.1, 0.15) is 18.1 Å². The highest BCUT2D eigenvalue weighted by Crippen LogP contribution is 2.06. The number of H-pyrrole nitrogens is 1. The lowest BCUT2D eigenvalue weighted by Crippen LogP contribution is -2.55. The summed E-state index contributed by atoms with van der Waals surface area (Å²) in [6.07, 6.45) is 3.25. The molecule has 11 heteroatoms. The topological polar surface area (TPSA) is 179 Å². The highest BCUT2D eigenvalue weighted by atomic mass is 16.4. The summed E-state index contributed by atoms with van der Waals surface area (Å²) in [4.78, 5) is 54.3. The lowest BCUT2D eigenvalue weighted by atomic mass is 10.0. The maximum Gasteiger partial charge on any atom is 0.326 e. The number of carboxylic acid groups (broad SMARTS) is 1. The molecule has 1 aromatic heterocycles. The van der Waals surface area contributed by atoms with Crippen LogP contribution in [0.5, 0.6) is 0 Å². The third-order valence-electron chi connectivity index (χ3n) is 3.89. The number of nitrogens with zero attached hydrogens (tertiary/aromatic N) is 1. The van der Waals surface area contributed by atoms with Crippen molar-refractivity contribution in [3.63, 3.8) is 0 Å². The molecule has 1 rings (SSSR count). The molecule has 0 bridgehead atoms. The average molecular weight is 396 g/mol. The van der Waals surface area contributed by atoms with Gasteiger partial charge in [-0.2, -0.15) is 0 Å². The SMILES string of the molecule is CC(C)CC(NC(=O)CN)C(=O)NC(C)C(=O)NC(Cc1cnc[nH]1)C(=O)O. The van der Waals surface area contributed by atoms with Gasteiger partial charge >= 0.3 is 5.97 Å². The van der Waals surface area contributed by atoms with Crippen molar-refractivity contribution in [2.75, 3.05) is 6.54 Å². The number of hydrogen-bond donors (Lipinski definition) is 6. The summed E-state index contributed by atoms with van der Waals surface area (Å²) in [7, 11) is 0. The first-order chi connectivity index (χ1) is 13.1. The number of carbonyl (C=O) groups excluding carboxylic acids is 3. The quantitative estimate of drug-likeness (QED) is 0.264. The lowest BCUT2D eigenvalue weighted by molar-refractivity contribution is -0.142. The fraction of sp³-hybridized carbons (Fsp3) is 0.588. The van der Waals surface area contributed by atoms with Crippen LogP contribution in [0, 0.1) is 5.92 Å². The molecular formula is C17H28N6O5. The zero-order valence-electron chi connectivity index (χ0n) is 16.2. The van der Waals surface area contributed by atoms with Crippen LogP contribution >= 0.6 is 0 Å². The second kappa shape index (κ2) is 11.0. The van der Waals surface area contributed by atoms with Crippen molar-refractivity contribution >= 4 is 23.7 Å². The van der Waals surface area contributed by atoms with Crippen LogP contribution in [0.15, 0.2) is 12.5 Å². The van der Waals surface area contributed by atoms with Crippen molar-refractivity contribution in [1.82, 2.24) is 25.9 Å². The molecule has 0 aliphatic rings. The van der Waals surface area contributed by atoms with Gasteiger partial charge in [0.2, 0.25) is 17.7 Å². The zero-order chi connectivity index (χ0) is 21.3. The van der Waals surface area contributed by atoms with Gasteiger partial charge in [-0.1, -0.05) is 13.8 Å². The number of aromatic amines is 1. The molecule has 0 aliphatic heterocycles. The molecule has 0 aliphatic carbocycles. The summed E-state index contributed by atoms with van der Waals surface area (Å²) >= 11 is 0. The molecule has 0 fully saturated rings. The number of hydrogen-bond acceptors (Lipinski definition) is 6. The molecule has 0 saturated heterocycles. The van der Waals surface area contributed by atoms with Crippen LogP contribution in [0.1, 0.15) is 32.9 Å². The first kappa shape index (κ1) is 23.1. The van der Waals surface area contributed by atoms with E-state index in [9.17, 15) is 24.3 Å². The third-order valence-corrected chi connectivity index (χ3v) is 3.89. The lowest BCUT2D eigenvalue weighted by Gasteiger charge is -2.23. The van der Waals surface area contributed by atoms with Gasteiger partial charge in [0.15, 0.2) is 0 Å². The Morgan fingerprint density at radius 2 is 1.79 bits per heavy atom. The Hall–Kier alpha value is -2.95. The van der Waals surface area contributed by atoms with Crippen molar-refractivity contribution in [2.24, 2.45) is 11.7 Å². The predicted octanol–water partition coefficient (Wildman–Crippen LogP) is -1.48. The minimum Gasteiger partial charge on any atom is -0.480 e. The van der Waals surface area contributed by atoms with Gasteiger partial charge in [0.05, 0.1) is 12.9 Å². The van der Waals surface area contributed by atoms with E-state index in [1.54, 1.807) is 0 Å². The summed E-state index contributed by atoms with van der Waals surface area (Å²) in [5.41, 5.74) is 5.82. The number of imidazole rings is 1. The van der Waals surface area contributed by atoms with Crippen molar-refractivity contribution < 1.29 is 24.3 Å². The van der Waals surface area contributed by atoms with E-state index < -0.39 is 41.8 Å². The second-order valence-electron chi connectivity index (χ2n) is 6.86. The monoisotopic (exact) mass is 396 g/mol. The summed E-state index contributed by atoms with van der Waals surface area (Å²) < 4.78 is 0. The Labute approximate surface area is 162 Å². The Balaban J connectivity index is 2.69. The maximum atomic E-state index is 12.4. The molecule has 7 N–H and O–H groups in total. The minimum atomic E-state index is -1.21. The normalized spacial score (nSPS) is 14.0. The number of rotatable bonds is 11. The van der Waals surface area contributed by atoms with E-state index in [0.29, 0.717) is 12.1 Å².